The Bertz CT molecular complexity index is 49.0. The minimum atomic E-state index is -0.745. The molecule has 0 aliphatic rings. The molecule has 0 heterocycles. The van der Waals surface area contributed by atoms with E-state index in [4.69, 9.17) is 20.4 Å². The second-order valence-corrected chi connectivity index (χ2v) is 1.66. The van der Waals surface area contributed by atoms with Crippen LogP contribution in [-0.2, 0) is 0 Å². The number of aliphatic hydroxyl groups excluding tert-OH is 4. The lowest BCUT2D eigenvalue weighted by atomic mass is 10.3. The number of rotatable bonds is 3. The average Bonchev–Trinajstić information content (AvgIpc) is 1.90. The van der Waals surface area contributed by atoms with Gasteiger partial charge in [-0.25, -0.2) is 0 Å². The Labute approximate surface area is 60.7 Å². The van der Waals surface area contributed by atoms with E-state index in [1.54, 1.807) is 6.92 Å². The van der Waals surface area contributed by atoms with Gasteiger partial charge in [-0.1, -0.05) is 0 Å². The fourth-order valence-electron chi connectivity index (χ4n) is 0.240. The fraction of sp³-hybridized carbons (Fsp3) is 1.00. The predicted octanol–water partition coefficient (Wildman–Crippen LogP) is -1.28. The second-order valence-electron chi connectivity index (χ2n) is 1.66. The molecule has 1 atom stereocenters. The van der Waals surface area contributed by atoms with Crippen molar-refractivity contribution in [3.8, 4) is 0 Å². The summed E-state index contributed by atoms with van der Waals surface area (Å²) >= 11 is 0. The van der Waals surface area contributed by atoms with Crippen LogP contribution in [0.4, 0.5) is 0 Å². The van der Waals surface area contributed by atoms with Crippen LogP contribution in [0.3, 0.4) is 0 Å². The SMILES string of the molecule is CCO.OCCC(O)CO. The van der Waals surface area contributed by atoms with E-state index in [2.05, 4.69) is 0 Å². The highest BCUT2D eigenvalue weighted by Gasteiger charge is 1.96. The van der Waals surface area contributed by atoms with Crippen molar-refractivity contribution >= 4 is 0 Å². The van der Waals surface area contributed by atoms with Crippen LogP contribution in [0.5, 0.6) is 0 Å². The average molecular weight is 152 g/mol. The Morgan fingerprint density at radius 1 is 1.20 bits per heavy atom. The molecule has 0 saturated carbocycles. The summed E-state index contributed by atoms with van der Waals surface area (Å²) in [4.78, 5) is 0. The summed E-state index contributed by atoms with van der Waals surface area (Å²) in [7, 11) is 0. The van der Waals surface area contributed by atoms with E-state index in [0.717, 1.165) is 0 Å². The third-order valence-corrected chi connectivity index (χ3v) is 0.673. The van der Waals surface area contributed by atoms with E-state index < -0.39 is 6.10 Å². The van der Waals surface area contributed by atoms with Crippen LogP contribution < -0.4 is 0 Å². The van der Waals surface area contributed by atoms with Gasteiger partial charge in [0.2, 0.25) is 0 Å². The first-order valence-electron chi connectivity index (χ1n) is 3.23. The third kappa shape index (κ3) is 15.7. The van der Waals surface area contributed by atoms with Crippen molar-refractivity contribution in [2.75, 3.05) is 19.8 Å². The Kier molecular flexibility index (Phi) is 14.5. The Morgan fingerprint density at radius 3 is 1.70 bits per heavy atom. The fourth-order valence-corrected chi connectivity index (χ4v) is 0.240. The molecule has 0 rings (SSSR count). The normalized spacial score (nSPS) is 11.7. The molecule has 10 heavy (non-hydrogen) atoms. The maximum absolute atomic E-state index is 8.45. The number of aliphatic hydroxyl groups is 4. The zero-order valence-corrected chi connectivity index (χ0v) is 6.19. The van der Waals surface area contributed by atoms with E-state index in [0.29, 0.717) is 0 Å². The second kappa shape index (κ2) is 11.6. The van der Waals surface area contributed by atoms with Crippen molar-refractivity contribution < 1.29 is 20.4 Å². The molecule has 0 aromatic heterocycles. The van der Waals surface area contributed by atoms with Crippen LogP contribution in [0, 0.1) is 0 Å². The highest BCUT2D eigenvalue weighted by atomic mass is 16.3. The van der Waals surface area contributed by atoms with E-state index >= 15 is 0 Å². The van der Waals surface area contributed by atoms with E-state index in [1.807, 2.05) is 0 Å². The zero-order valence-electron chi connectivity index (χ0n) is 6.19. The summed E-state index contributed by atoms with van der Waals surface area (Å²) < 4.78 is 0. The number of hydrogen-bond acceptors (Lipinski definition) is 4. The molecule has 0 spiro atoms. The Balaban J connectivity index is 0. The van der Waals surface area contributed by atoms with Gasteiger partial charge in [0.25, 0.3) is 0 Å². The van der Waals surface area contributed by atoms with Crippen LogP contribution in [0.25, 0.3) is 0 Å². The molecule has 0 radical (unpaired) electrons. The Hall–Kier alpha value is -0.160. The van der Waals surface area contributed by atoms with Crippen LogP contribution in [0.2, 0.25) is 0 Å². The minimum Gasteiger partial charge on any atom is -0.397 e. The topological polar surface area (TPSA) is 80.9 Å². The standard InChI is InChI=1S/C4H10O3.C2H6O/c5-2-1-4(7)3-6;1-2-3/h4-7H,1-3H2;3H,2H2,1H3. The van der Waals surface area contributed by atoms with Crippen LogP contribution in [0.15, 0.2) is 0 Å². The van der Waals surface area contributed by atoms with Gasteiger partial charge in [0.05, 0.1) is 12.7 Å². The lowest BCUT2D eigenvalue weighted by Crippen LogP contribution is -2.12. The first-order valence-corrected chi connectivity index (χ1v) is 3.23. The monoisotopic (exact) mass is 152 g/mol. The molecule has 0 saturated heterocycles. The molecular formula is C6H16O4. The van der Waals surface area contributed by atoms with E-state index in [-0.39, 0.29) is 26.2 Å². The smallest absolute Gasteiger partial charge is 0.0792 e. The maximum Gasteiger partial charge on any atom is 0.0792 e. The lowest BCUT2D eigenvalue weighted by molar-refractivity contribution is 0.0721. The highest BCUT2D eigenvalue weighted by molar-refractivity contribution is 4.48. The van der Waals surface area contributed by atoms with Gasteiger partial charge in [-0.3, -0.25) is 0 Å². The summed E-state index contributed by atoms with van der Waals surface area (Å²) in [6.07, 6.45) is -0.485. The molecule has 0 aliphatic carbocycles. The quantitative estimate of drug-likeness (QED) is 0.406. The van der Waals surface area contributed by atoms with Crippen molar-refractivity contribution in [2.24, 2.45) is 0 Å². The van der Waals surface area contributed by atoms with Crippen molar-refractivity contribution in [2.45, 2.75) is 19.4 Å². The molecule has 0 aliphatic heterocycles. The number of hydrogen-bond donors (Lipinski definition) is 4. The molecule has 1 unspecified atom stereocenters. The summed E-state index contributed by atoms with van der Waals surface area (Å²) in [5.41, 5.74) is 0. The molecule has 4 heteroatoms. The van der Waals surface area contributed by atoms with Gasteiger partial charge in [-0.05, 0) is 13.3 Å². The molecule has 64 valence electrons. The molecule has 4 nitrogen and oxygen atoms in total. The first kappa shape index (κ1) is 12.5. The Morgan fingerprint density at radius 2 is 1.60 bits per heavy atom. The van der Waals surface area contributed by atoms with E-state index in [9.17, 15) is 0 Å². The zero-order chi connectivity index (χ0) is 8.41. The van der Waals surface area contributed by atoms with Crippen LogP contribution in [0.1, 0.15) is 13.3 Å². The molecule has 0 bridgehead atoms. The highest BCUT2D eigenvalue weighted by Crippen LogP contribution is 1.84. The summed E-state index contributed by atoms with van der Waals surface area (Å²) in [6, 6.07) is 0. The van der Waals surface area contributed by atoms with Gasteiger partial charge in [-0.15, -0.1) is 0 Å². The minimum absolute atomic E-state index is 0.0677. The van der Waals surface area contributed by atoms with Crippen molar-refractivity contribution in [3.05, 3.63) is 0 Å². The van der Waals surface area contributed by atoms with Gasteiger partial charge in [-0.2, -0.15) is 0 Å². The third-order valence-electron chi connectivity index (χ3n) is 0.673. The molecule has 4 N–H and O–H groups in total. The van der Waals surface area contributed by atoms with Crippen molar-refractivity contribution in [1.29, 1.82) is 0 Å². The van der Waals surface area contributed by atoms with Gasteiger partial charge >= 0.3 is 0 Å². The summed E-state index contributed by atoms with van der Waals surface area (Å²) in [6.45, 7) is 1.60. The largest absolute Gasteiger partial charge is 0.397 e. The first-order chi connectivity index (χ1) is 4.72. The van der Waals surface area contributed by atoms with Gasteiger partial charge in [0, 0.05) is 13.2 Å². The van der Waals surface area contributed by atoms with Crippen LogP contribution in [-0.4, -0.2) is 46.4 Å². The lowest BCUT2D eigenvalue weighted by Gasteiger charge is -2.00. The molecule has 0 aromatic carbocycles. The molecule has 0 fully saturated rings. The predicted molar refractivity (Wildman–Crippen MR) is 37.6 cm³/mol. The van der Waals surface area contributed by atoms with Crippen LogP contribution >= 0.6 is 0 Å². The summed E-state index contributed by atoms with van der Waals surface area (Å²) in [5, 5.41) is 32.2. The van der Waals surface area contributed by atoms with E-state index in [1.165, 1.54) is 0 Å². The van der Waals surface area contributed by atoms with Gasteiger partial charge in [0.15, 0.2) is 0 Å². The summed E-state index contributed by atoms with van der Waals surface area (Å²) in [5.74, 6) is 0. The maximum atomic E-state index is 8.45. The molecule has 0 aromatic rings. The van der Waals surface area contributed by atoms with Gasteiger partial charge in [0.1, 0.15) is 0 Å². The molecular weight excluding hydrogens is 136 g/mol. The molecule has 0 amide bonds. The van der Waals surface area contributed by atoms with Crippen molar-refractivity contribution in [1.82, 2.24) is 0 Å². The van der Waals surface area contributed by atoms with Gasteiger partial charge < -0.3 is 20.4 Å². The van der Waals surface area contributed by atoms with Crippen molar-refractivity contribution in [3.63, 3.8) is 0 Å².